The molecule has 1 heterocycles. The molecule has 1 aromatic heterocycles. The number of hydrogen-bond donors (Lipinski definition) is 2. The van der Waals surface area contributed by atoms with Gasteiger partial charge in [-0.1, -0.05) is 11.3 Å². The Morgan fingerprint density at radius 3 is 2.62 bits per heavy atom. The molecule has 0 aliphatic heterocycles. The van der Waals surface area contributed by atoms with Crippen molar-refractivity contribution < 1.29 is 32.3 Å². The molecule has 0 unspecified atom stereocenters. The van der Waals surface area contributed by atoms with Crippen molar-refractivity contribution in [1.82, 2.24) is 0 Å². The van der Waals surface area contributed by atoms with Crippen LogP contribution in [0.2, 0.25) is 0 Å². The molecule has 2 rings (SSSR count). The second-order valence-corrected chi connectivity index (χ2v) is 6.24. The Bertz CT molecular complexity index is 736. The summed E-state index contributed by atoms with van der Waals surface area (Å²) < 4.78 is 54.6. The standard InChI is InChI=1S/C13H10F4N2O3S2/c1-18-12-7(6-20)4-11(23-12)19(21)24-10-3-2-8(14)5-9(10)22-13(15,16)17/h2-6,18,21H,1H3. The van der Waals surface area contributed by atoms with Gasteiger partial charge in [0.2, 0.25) is 0 Å². The molecule has 0 radical (unpaired) electrons. The van der Waals surface area contributed by atoms with Gasteiger partial charge in [-0.2, -0.15) is 4.47 Å². The van der Waals surface area contributed by atoms with Gasteiger partial charge in [-0.15, -0.1) is 13.2 Å². The van der Waals surface area contributed by atoms with Crippen LogP contribution in [0, 0.1) is 5.82 Å². The van der Waals surface area contributed by atoms with Crippen LogP contribution in [0.1, 0.15) is 10.4 Å². The van der Waals surface area contributed by atoms with E-state index in [-0.39, 0.29) is 15.5 Å². The molecule has 0 saturated heterocycles. The summed E-state index contributed by atoms with van der Waals surface area (Å²) in [4.78, 5) is 10.7. The largest absolute Gasteiger partial charge is 0.573 e. The second-order valence-electron chi connectivity index (χ2n) is 4.24. The molecule has 0 aliphatic rings. The van der Waals surface area contributed by atoms with Gasteiger partial charge in [0.1, 0.15) is 21.6 Å². The number of rotatable bonds is 6. The monoisotopic (exact) mass is 382 g/mol. The van der Waals surface area contributed by atoms with Crippen molar-refractivity contribution in [1.29, 1.82) is 0 Å². The number of halogens is 4. The zero-order valence-corrected chi connectivity index (χ0v) is 13.6. The van der Waals surface area contributed by atoms with Gasteiger partial charge in [0.05, 0.1) is 10.5 Å². The number of benzene rings is 1. The summed E-state index contributed by atoms with van der Waals surface area (Å²) in [5, 5.41) is 13.4. The normalized spacial score (nSPS) is 11.2. The van der Waals surface area contributed by atoms with E-state index in [0.717, 1.165) is 23.5 Å². The highest BCUT2D eigenvalue weighted by Gasteiger charge is 2.32. The number of thiophene rings is 1. The molecule has 2 aromatic rings. The number of aldehydes is 1. The average molecular weight is 382 g/mol. The van der Waals surface area contributed by atoms with Crippen LogP contribution in [-0.4, -0.2) is 24.9 Å². The number of ether oxygens (including phenoxy) is 1. The molecule has 0 spiro atoms. The maximum atomic E-state index is 13.2. The number of carbonyl (C=O) groups is 1. The van der Waals surface area contributed by atoms with Crippen molar-refractivity contribution in [2.45, 2.75) is 11.3 Å². The summed E-state index contributed by atoms with van der Waals surface area (Å²) in [7, 11) is 1.58. The highest BCUT2D eigenvalue weighted by atomic mass is 32.2. The van der Waals surface area contributed by atoms with Gasteiger partial charge in [0.25, 0.3) is 0 Å². The lowest BCUT2D eigenvalue weighted by atomic mass is 10.3. The van der Waals surface area contributed by atoms with E-state index >= 15 is 0 Å². The molecule has 24 heavy (non-hydrogen) atoms. The minimum atomic E-state index is -5.00. The van der Waals surface area contributed by atoms with Gasteiger partial charge < -0.3 is 10.1 Å². The third-order valence-corrected chi connectivity index (χ3v) is 4.77. The Balaban J connectivity index is 2.27. The Labute approximate surface area is 141 Å². The maximum Gasteiger partial charge on any atom is 0.573 e. The molecule has 0 amide bonds. The first-order chi connectivity index (χ1) is 11.2. The Morgan fingerprint density at radius 1 is 1.38 bits per heavy atom. The molecule has 5 nitrogen and oxygen atoms in total. The molecule has 0 bridgehead atoms. The molecule has 1 aromatic carbocycles. The maximum absolute atomic E-state index is 13.2. The molecular weight excluding hydrogens is 372 g/mol. The van der Waals surface area contributed by atoms with E-state index in [1.807, 2.05) is 0 Å². The first-order valence-electron chi connectivity index (χ1n) is 6.22. The summed E-state index contributed by atoms with van der Waals surface area (Å²) in [6.45, 7) is 0. The molecule has 130 valence electrons. The van der Waals surface area contributed by atoms with Crippen molar-refractivity contribution in [2.24, 2.45) is 0 Å². The van der Waals surface area contributed by atoms with Crippen LogP contribution in [0.4, 0.5) is 27.6 Å². The Morgan fingerprint density at radius 2 is 2.08 bits per heavy atom. The van der Waals surface area contributed by atoms with E-state index in [1.54, 1.807) is 7.05 Å². The number of anilines is 2. The molecular formula is C13H10F4N2O3S2. The van der Waals surface area contributed by atoms with E-state index < -0.39 is 17.9 Å². The second kappa shape index (κ2) is 7.28. The average Bonchev–Trinajstić information content (AvgIpc) is 2.91. The van der Waals surface area contributed by atoms with Crippen LogP contribution in [0.3, 0.4) is 0 Å². The lowest BCUT2D eigenvalue weighted by molar-refractivity contribution is -0.275. The summed E-state index contributed by atoms with van der Waals surface area (Å²) in [5.74, 6) is -1.70. The first-order valence-corrected chi connectivity index (χ1v) is 7.81. The smallest absolute Gasteiger partial charge is 0.404 e. The Hall–Kier alpha value is -1.98. The SMILES string of the molecule is CNc1sc(N(O)Sc2ccc(F)cc2OC(F)(F)F)cc1C=O. The Kier molecular flexibility index (Phi) is 5.57. The van der Waals surface area contributed by atoms with Crippen LogP contribution < -0.4 is 14.5 Å². The van der Waals surface area contributed by atoms with Gasteiger partial charge >= 0.3 is 6.36 Å². The fraction of sp³-hybridized carbons (Fsp3) is 0.154. The number of hydrogen-bond acceptors (Lipinski definition) is 7. The molecule has 2 N–H and O–H groups in total. The van der Waals surface area contributed by atoms with Crippen LogP contribution in [-0.2, 0) is 0 Å². The predicted molar refractivity (Wildman–Crippen MR) is 82.5 cm³/mol. The van der Waals surface area contributed by atoms with Crippen LogP contribution in [0.15, 0.2) is 29.2 Å². The van der Waals surface area contributed by atoms with Crippen molar-refractivity contribution in [3.8, 4) is 5.75 Å². The van der Waals surface area contributed by atoms with E-state index in [9.17, 15) is 27.6 Å². The van der Waals surface area contributed by atoms with Gasteiger partial charge in [0, 0.05) is 25.1 Å². The summed E-state index contributed by atoms with van der Waals surface area (Å²) in [6.07, 6.45) is -4.43. The fourth-order valence-electron chi connectivity index (χ4n) is 1.67. The first kappa shape index (κ1) is 18.4. The summed E-state index contributed by atoms with van der Waals surface area (Å²) >= 11 is 1.49. The number of alkyl halides is 3. The van der Waals surface area contributed by atoms with Crippen LogP contribution >= 0.6 is 23.3 Å². The number of nitrogens with zero attached hydrogens (tertiary/aromatic N) is 1. The third-order valence-electron chi connectivity index (χ3n) is 2.61. The van der Waals surface area contributed by atoms with Crippen LogP contribution in [0.5, 0.6) is 5.75 Å². The predicted octanol–water partition coefficient (Wildman–Crippen LogP) is 4.54. The van der Waals surface area contributed by atoms with Crippen molar-refractivity contribution in [3.05, 3.63) is 35.6 Å². The highest BCUT2D eigenvalue weighted by Crippen LogP contribution is 2.41. The number of carbonyl (C=O) groups excluding carboxylic acids is 1. The van der Waals surface area contributed by atoms with Gasteiger partial charge in [-0.3, -0.25) is 10.0 Å². The minimum Gasteiger partial charge on any atom is -0.404 e. The van der Waals surface area contributed by atoms with E-state index in [2.05, 4.69) is 10.1 Å². The van der Waals surface area contributed by atoms with E-state index in [0.29, 0.717) is 33.8 Å². The number of nitrogens with one attached hydrogen (secondary N) is 1. The third kappa shape index (κ3) is 4.52. The van der Waals surface area contributed by atoms with Gasteiger partial charge in [-0.05, 0) is 18.2 Å². The zero-order valence-electron chi connectivity index (χ0n) is 11.9. The molecule has 0 aliphatic carbocycles. The summed E-state index contributed by atoms with van der Waals surface area (Å²) in [6, 6.07) is 3.89. The zero-order chi connectivity index (χ0) is 17.9. The topological polar surface area (TPSA) is 61.8 Å². The highest BCUT2D eigenvalue weighted by molar-refractivity contribution is 8.00. The molecule has 11 heteroatoms. The molecule has 0 fully saturated rings. The lowest BCUT2D eigenvalue weighted by Gasteiger charge is -2.16. The van der Waals surface area contributed by atoms with E-state index in [4.69, 9.17) is 0 Å². The lowest BCUT2D eigenvalue weighted by Crippen LogP contribution is -2.18. The van der Waals surface area contributed by atoms with Crippen molar-refractivity contribution in [2.75, 3.05) is 16.8 Å². The van der Waals surface area contributed by atoms with Crippen molar-refractivity contribution in [3.63, 3.8) is 0 Å². The van der Waals surface area contributed by atoms with E-state index in [1.165, 1.54) is 6.07 Å². The van der Waals surface area contributed by atoms with Gasteiger partial charge in [0.15, 0.2) is 6.29 Å². The molecule has 0 saturated carbocycles. The van der Waals surface area contributed by atoms with Gasteiger partial charge in [-0.25, -0.2) is 4.39 Å². The van der Waals surface area contributed by atoms with Crippen LogP contribution in [0.25, 0.3) is 0 Å². The molecule has 0 atom stereocenters. The van der Waals surface area contributed by atoms with Crippen molar-refractivity contribution >= 4 is 39.6 Å². The summed E-state index contributed by atoms with van der Waals surface area (Å²) in [5.41, 5.74) is 0.281. The quantitative estimate of drug-likeness (QED) is 0.331. The fourth-order valence-corrected chi connectivity index (χ4v) is 3.34. The minimum absolute atomic E-state index is 0.164.